The van der Waals surface area contributed by atoms with Crippen molar-refractivity contribution in [1.82, 2.24) is 15.0 Å². The van der Waals surface area contributed by atoms with E-state index in [0.29, 0.717) is 18.3 Å². The van der Waals surface area contributed by atoms with E-state index in [4.69, 9.17) is 4.74 Å². The molecule has 140 valence electrons. The highest BCUT2D eigenvalue weighted by atomic mass is 16.5. The third kappa shape index (κ3) is 4.92. The molecule has 3 N–H and O–H groups in total. The average molecular weight is 365 g/mol. The lowest BCUT2D eigenvalue weighted by Crippen LogP contribution is -2.21. The smallest absolute Gasteiger partial charge is 0.225 e. The van der Waals surface area contributed by atoms with Gasteiger partial charge in [-0.25, -0.2) is 4.98 Å². The molecule has 0 aliphatic rings. The number of nitrogens with one attached hydrogen (secondary N) is 2. The van der Waals surface area contributed by atoms with Crippen molar-refractivity contribution in [3.63, 3.8) is 0 Å². The van der Waals surface area contributed by atoms with Crippen molar-refractivity contribution in [2.24, 2.45) is 0 Å². The molecular formula is C20H23N5O2. The minimum Gasteiger partial charge on any atom is -0.496 e. The molecule has 7 heteroatoms. The second kappa shape index (κ2) is 8.95. The first-order valence-electron chi connectivity index (χ1n) is 8.72. The van der Waals surface area contributed by atoms with Crippen LogP contribution in [0.4, 0.5) is 11.8 Å². The molecule has 2 heterocycles. The van der Waals surface area contributed by atoms with Crippen LogP contribution in [0.2, 0.25) is 0 Å². The van der Waals surface area contributed by atoms with Crippen molar-refractivity contribution in [3.8, 4) is 17.0 Å². The second-order valence-corrected chi connectivity index (χ2v) is 6.10. The van der Waals surface area contributed by atoms with Crippen LogP contribution in [-0.4, -0.2) is 39.8 Å². The lowest BCUT2D eigenvalue weighted by Gasteiger charge is -2.15. The Morgan fingerprint density at radius 1 is 1.15 bits per heavy atom. The zero-order valence-electron chi connectivity index (χ0n) is 15.4. The van der Waals surface area contributed by atoms with Gasteiger partial charge in [0, 0.05) is 42.2 Å². The van der Waals surface area contributed by atoms with E-state index in [2.05, 4.69) is 25.6 Å². The first-order chi connectivity index (χ1) is 13.2. The van der Waals surface area contributed by atoms with Crippen molar-refractivity contribution < 1.29 is 9.84 Å². The van der Waals surface area contributed by atoms with E-state index in [9.17, 15) is 5.11 Å². The number of ether oxygens (including phenoxy) is 1. The van der Waals surface area contributed by atoms with Crippen molar-refractivity contribution in [3.05, 3.63) is 60.4 Å². The van der Waals surface area contributed by atoms with E-state index in [1.54, 1.807) is 19.5 Å². The van der Waals surface area contributed by atoms with Gasteiger partial charge in [0.05, 0.1) is 19.4 Å². The molecule has 2 aromatic heterocycles. The molecular weight excluding hydrogens is 342 g/mol. The van der Waals surface area contributed by atoms with Crippen LogP contribution in [0.25, 0.3) is 11.3 Å². The third-order valence-electron chi connectivity index (χ3n) is 3.99. The van der Waals surface area contributed by atoms with E-state index in [0.717, 1.165) is 22.6 Å². The molecule has 0 amide bonds. The topological polar surface area (TPSA) is 92.2 Å². The number of aliphatic hydroxyl groups is 1. The number of aliphatic hydroxyl groups excluding tert-OH is 1. The summed E-state index contributed by atoms with van der Waals surface area (Å²) < 4.78 is 5.40. The number of nitrogens with zero attached hydrogens (tertiary/aromatic N) is 3. The van der Waals surface area contributed by atoms with Gasteiger partial charge in [0.2, 0.25) is 5.95 Å². The summed E-state index contributed by atoms with van der Waals surface area (Å²) in [5, 5.41) is 15.7. The number of benzene rings is 1. The number of hydrogen-bond donors (Lipinski definition) is 3. The van der Waals surface area contributed by atoms with Gasteiger partial charge in [-0.15, -0.1) is 0 Å². The number of pyridine rings is 1. The Bertz CT molecular complexity index is 873. The molecule has 1 aromatic carbocycles. The minimum atomic E-state index is -0.156. The Kier molecular flexibility index (Phi) is 6.17. The van der Waals surface area contributed by atoms with Crippen molar-refractivity contribution in [1.29, 1.82) is 0 Å². The van der Waals surface area contributed by atoms with Gasteiger partial charge >= 0.3 is 0 Å². The summed E-state index contributed by atoms with van der Waals surface area (Å²) in [5.41, 5.74) is 2.66. The monoisotopic (exact) mass is 365 g/mol. The van der Waals surface area contributed by atoms with Gasteiger partial charge in [0.1, 0.15) is 11.6 Å². The predicted octanol–water partition coefficient (Wildman–Crippen LogP) is 2.95. The van der Waals surface area contributed by atoms with Crippen LogP contribution in [0.1, 0.15) is 12.5 Å². The number of anilines is 2. The molecule has 3 aromatic rings. The number of methoxy groups -OCH3 is 1. The SMILES string of the molecule is COc1ccccc1CNc1cc(-c2cccnc2)nc(N[C@H](C)CO)n1. The van der Waals surface area contributed by atoms with Crippen LogP contribution in [0.3, 0.4) is 0 Å². The Hall–Kier alpha value is -3.19. The molecule has 0 saturated carbocycles. The molecule has 27 heavy (non-hydrogen) atoms. The summed E-state index contributed by atoms with van der Waals surface area (Å²) in [5.74, 6) is 1.93. The molecule has 0 aliphatic heterocycles. The fourth-order valence-electron chi connectivity index (χ4n) is 2.57. The lowest BCUT2D eigenvalue weighted by atomic mass is 10.2. The fourth-order valence-corrected chi connectivity index (χ4v) is 2.57. The van der Waals surface area contributed by atoms with Gasteiger partial charge in [0.15, 0.2) is 0 Å². The van der Waals surface area contributed by atoms with E-state index in [1.807, 2.05) is 49.4 Å². The maximum absolute atomic E-state index is 9.30. The van der Waals surface area contributed by atoms with Gasteiger partial charge in [-0.2, -0.15) is 4.98 Å². The fraction of sp³-hybridized carbons (Fsp3) is 0.250. The molecule has 0 aliphatic carbocycles. The van der Waals surface area contributed by atoms with Crippen LogP contribution >= 0.6 is 0 Å². The summed E-state index contributed by atoms with van der Waals surface area (Å²) in [6.07, 6.45) is 3.48. The van der Waals surface area contributed by atoms with Crippen molar-refractivity contribution >= 4 is 11.8 Å². The second-order valence-electron chi connectivity index (χ2n) is 6.10. The molecule has 0 spiro atoms. The summed E-state index contributed by atoms with van der Waals surface area (Å²) in [6.45, 7) is 2.41. The van der Waals surface area contributed by atoms with Crippen molar-refractivity contribution in [2.45, 2.75) is 19.5 Å². The third-order valence-corrected chi connectivity index (χ3v) is 3.99. The largest absolute Gasteiger partial charge is 0.496 e. The molecule has 0 saturated heterocycles. The van der Waals surface area contributed by atoms with E-state index in [1.165, 1.54) is 0 Å². The van der Waals surface area contributed by atoms with Crippen LogP contribution in [0.5, 0.6) is 5.75 Å². The van der Waals surface area contributed by atoms with Crippen LogP contribution in [-0.2, 0) is 6.54 Å². The van der Waals surface area contributed by atoms with Gasteiger partial charge in [0.25, 0.3) is 0 Å². The van der Waals surface area contributed by atoms with Crippen LogP contribution in [0.15, 0.2) is 54.9 Å². The van der Waals surface area contributed by atoms with Crippen LogP contribution in [0, 0.1) is 0 Å². The quantitative estimate of drug-likeness (QED) is 0.565. The Balaban J connectivity index is 1.87. The lowest BCUT2D eigenvalue weighted by molar-refractivity contribution is 0.281. The van der Waals surface area contributed by atoms with E-state index < -0.39 is 0 Å². The molecule has 7 nitrogen and oxygen atoms in total. The summed E-state index contributed by atoms with van der Waals surface area (Å²) >= 11 is 0. The highest BCUT2D eigenvalue weighted by Gasteiger charge is 2.10. The Morgan fingerprint density at radius 3 is 2.74 bits per heavy atom. The maximum Gasteiger partial charge on any atom is 0.225 e. The first kappa shape index (κ1) is 18.6. The first-order valence-corrected chi connectivity index (χ1v) is 8.72. The number of para-hydroxylation sites is 1. The molecule has 0 fully saturated rings. The molecule has 1 atom stereocenters. The van der Waals surface area contributed by atoms with Gasteiger partial charge < -0.3 is 20.5 Å². The number of rotatable bonds is 8. The summed E-state index contributed by atoms with van der Waals surface area (Å²) in [6, 6.07) is 13.4. The van der Waals surface area contributed by atoms with E-state index >= 15 is 0 Å². The van der Waals surface area contributed by atoms with Gasteiger partial charge in [-0.1, -0.05) is 18.2 Å². The minimum absolute atomic E-state index is 0.00947. The summed E-state index contributed by atoms with van der Waals surface area (Å²) in [4.78, 5) is 13.2. The highest BCUT2D eigenvalue weighted by Crippen LogP contribution is 2.23. The maximum atomic E-state index is 9.30. The van der Waals surface area contributed by atoms with Crippen molar-refractivity contribution in [2.75, 3.05) is 24.4 Å². The highest BCUT2D eigenvalue weighted by molar-refractivity contribution is 5.63. The number of aromatic nitrogens is 3. The molecule has 0 bridgehead atoms. The number of hydrogen-bond acceptors (Lipinski definition) is 7. The average Bonchev–Trinajstić information content (AvgIpc) is 2.72. The predicted molar refractivity (Wildman–Crippen MR) is 106 cm³/mol. The zero-order chi connectivity index (χ0) is 19.1. The molecule has 0 unspecified atom stereocenters. The normalized spacial score (nSPS) is 11.7. The standard InChI is InChI=1S/C20H23N5O2/c1-14(13-26)23-20-24-17(15-7-5-9-21-11-15)10-19(25-20)22-12-16-6-3-4-8-18(16)27-2/h3-11,14,26H,12-13H2,1-2H3,(H2,22,23,24,25)/t14-/m1/s1. The van der Waals surface area contributed by atoms with Gasteiger partial charge in [-0.05, 0) is 25.1 Å². The summed E-state index contributed by atoms with van der Waals surface area (Å²) in [7, 11) is 1.66. The Labute approximate surface area is 158 Å². The van der Waals surface area contributed by atoms with Crippen LogP contribution < -0.4 is 15.4 Å². The molecule has 3 rings (SSSR count). The Morgan fingerprint density at radius 2 is 2.00 bits per heavy atom. The zero-order valence-corrected chi connectivity index (χ0v) is 15.4. The van der Waals surface area contributed by atoms with E-state index in [-0.39, 0.29) is 12.6 Å². The molecule has 0 radical (unpaired) electrons. The van der Waals surface area contributed by atoms with Gasteiger partial charge in [-0.3, -0.25) is 4.98 Å².